The second kappa shape index (κ2) is 5.73. The molecule has 6 heteroatoms. The van der Waals surface area contributed by atoms with Gasteiger partial charge in [-0.2, -0.15) is 5.10 Å². The van der Waals surface area contributed by atoms with Crippen molar-refractivity contribution in [3.05, 3.63) is 65.7 Å². The third-order valence-electron chi connectivity index (χ3n) is 4.14. The molecule has 1 atom stereocenters. The van der Waals surface area contributed by atoms with Crippen molar-refractivity contribution < 1.29 is 9.90 Å². The quantitative estimate of drug-likeness (QED) is 0.596. The Hall–Kier alpha value is -3.28. The van der Waals surface area contributed by atoms with Crippen molar-refractivity contribution in [2.24, 2.45) is 0 Å². The van der Waals surface area contributed by atoms with Gasteiger partial charge < -0.3 is 15.7 Å². The van der Waals surface area contributed by atoms with E-state index in [4.69, 9.17) is 0 Å². The third kappa shape index (κ3) is 2.58. The molecule has 0 radical (unpaired) electrons. The summed E-state index contributed by atoms with van der Waals surface area (Å²) >= 11 is 0. The number of para-hydroxylation sites is 1. The van der Waals surface area contributed by atoms with E-state index in [1.807, 2.05) is 42.5 Å². The molecule has 1 aliphatic rings. The number of phenolic OH excluding ortho intramolecular Hbond substituents is 1. The number of nitrogens with one attached hydrogen (secondary N) is 3. The molecule has 3 aromatic rings. The van der Waals surface area contributed by atoms with Crippen molar-refractivity contribution in [1.82, 2.24) is 10.2 Å². The van der Waals surface area contributed by atoms with Crippen LogP contribution in [0.5, 0.6) is 5.75 Å². The first-order valence-electron chi connectivity index (χ1n) is 7.70. The summed E-state index contributed by atoms with van der Waals surface area (Å²) in [6.07, 6.45) is 0.334. The van der Waals surface area contributed by atoms with E-state index in [-0.39, 0.29) is 17.6 Å². The Balaban J connectivity index is 1.75. The minimum absolute atomic E-state index is 0.0710. The summed E-state index contributed by atoms with van der Waals surface area (Å²) in [6, 6.07) is 16.7. The molecule has 2 aromatic carbocycles. The van der Waals surface area contributed by atoms with E-state index >= 15 is 0 Å². The van der Waals surface area contributed by atoms with Crippen LogP contribution in [0.4, 0.5) is 17.3 Å². The van der Waals surface area contributed by atoms with E-state index in [9.17, 15) is 9.90 Å². The van der Waals surface area contributed by atoms with Crippen LogP contribution in [-0.2, 0) is 4.79 Å². The van der Waals surface area contributed by atoms with Crippen LogP contribution in [0.1, 0.15) is 23.5 Å². The zero-order valence-electron chi connectivity index (χ0n) is 12.8. The second-order valence-corrected chi connectivity index (χ2v) is 5.75. The van der Waals surface area contributed by atoms with Gasteiger partial charge in [-0.1, -0.05) is 30.3 Å². The second-order valence-electron chi connectivity index (χ2n) is 5.75. The number of H-pyrrole nitrogens is 1. The monoisotopic (exact) mass is 320 g/mol. The summed E-state index contributed by atoms with van der Waals surface area (Å²) in [5, 5.41) is 22.8. The van der Waals surface area contributed by atoms with Crippen LogP contribution in [-0.4, -0.2) is 21.2 Å². The number of hydrogen-bond donors (Lipinski definition) is 4. The van der Waals surface area contributed by atoms with Gasteiger partial charge >= 0.3 is 0 Å². The van der Waals surface area contributed by atoms with E-state index in [2.05, 4.69) is 20.8 Å². The highest BCUT2D eigenvalue weighted by atomic mass is 16.3. The van der Waals surface area contributed by atoms with E-state index in [1.165, 1.54) is 0 Å². The largest absolute Gasteiger partial charge is 0.508 e. The number of anilines is 3. The highest BCUT2D eigenvalue weighted by molar-refractivity contribution is 5.95. The van der Waals surface area contributed by atoms with Gasteiger partial charge in [0.15, 0.2) is 5.82 Å². The molecule has 1 amide bonds. The zero-order chi connectivity index (χ0) is 16.5. The van der Waals surface area contributed by atoms with Gasteiger partial charge in [-0.3, -0.25) is 9.89 Å². The lowest BCUT2D eigenvalue weighted by molar-refractivity contribution is -0.116. The number of benzene rings is 2. The Bertz CT molecular complexity index is 872. The minimum atomic E-state index is -0.126. The van der Waals surface area contributed by atoms with Crippen molar-refractivity contribution in [2.75, 3.05) is 10.6 Å². The van der Waals surface area contributed by atoms with E-state index in [0.29, 0.717) is 12.2 Å². The first-order valence-corrected chi connectivity index (χ1v) is 7.70. The maximum atomic E-state index is 12.0. The predicted octanol–water partition coefficient (Wildman–Crippen LogP) is 3.33. The Kier molecular flexibility index (Phi) is 3.42. The normalized spacial score (nSPS) is 16.3. The van der Waals surface area contributed by atoms with Crippen molar-refractivity contribution >= 4 is 23.2 Å². The summed E-state index contributed by atoms with van der Waals surface area (Å²) in [6.45, 7) is 0. The fourth-order valence-corrected chi connectivity index (χ4v) is 3.01. The molecule has 2 heterocycles. The number of aromatic hydroxyl groups is 1. The Labute approximate surface area is 138 Å². The van der Waals surface area contributed by atoms with Gasteiger partial charge in [0, 0.05) is 23.6 Å². The first-order chi connectivity index (χ1) is 11.7. The van der Waals surface area contributed by atoms with Crippen LogP contribution in [0.25, 0.3) is 0 Å². The molecule has 1 aliphatic heterocycles. The number of rotatable bonds is 3. The molecular weight excluding hydrogens is 304 g/mol. The molecule has 120 valence electrons. The Morgan fingerprint density at radius 3 is 2.58 bits per heavy atom. The molecule has 1 aromatic heterocycles. The molecule has 24 heavy (non-hydrogen) atoms. The van der Waals surface area contributed by atoms with Gasteiger partial charge in [-0.15, -0.1) is 0 Å². The standard InChI is InChI=1S/C18H16N4O2/c23-13-8-6-11(7-9-13)14-10-15(24)20-18-16(14)17(21-22-18)19-12-4-2-1-3-5-12/h1-9,14,23H,10H2,(H3,19,20,21,22,24)/t14-/m1/s1. The number of carbonyl (C=O) groups is 1. The topological polar surface area (TPSA) is 90.0 Å². The van der Waals surface area contributed by atoms with Crippen LogP contribution in [0.2, 0.25) is 0 Å². The molecule has 0 saturated heterocycles. The molecule has 0 spiro atoms. The number of aromatic amines is 1. The maximum Gasteiger partial charge on any atom is 0.226 e. The highest BCUT2D eigenvalue weighted by Crippen LogP contribution is 2.41. The molecule has 0 bridgehead atoms. The molecule has 6 nitrogen and oxygen atoms in total. The van der Waals surface area contributed by atoms with E-state index < -0.39 is 0 Å². The zero-order valence-corrected chi connectivity index (χ0v) is 12.8. The molecular formula is C18H16N4O2. The third-order valence-corrected chi connectivity index (χ3v) is 4.14. The van der Waals surface area contributed by atoms with Crippen LogP contribution in [0.15, 0.2) is 54.6 Å². The van der Waals surface area contributed by atoms with Crippen LogP contribution in [0, 0.1) is 0 Å². The fraction of sp³-hybridized carbons (Fsp3) is 0.111. The molecule has 0 unspecified atom stereocenters. The van der Waals surface area contributed by atoms with Gasteiger partial charge in [0.1, 0.15) is 11.6 Å². The SMILES string of the molecule is O=C1C[C@H](c2ccc(O)cc2)c2c(n[nH]c2Nc2ccccc2)N1. The number of fused-ring (bicyclic) bond motifs is 1. The summed E-state index contributed by atoms with van der Waals surface area (Å²) in [5.41, 5.74) is 2.82. The van der Waals surface area contributed by atoms with E-state index in [0.717, 1.165) is 22.6 Å². The highest BCUT2D eigenvalue weighted by Gasteiger charge is 2.31. The van der Waals surface area contributed by atoms with Crippen molar-refractivity contribution in [2.45, 2.75) is 12.3 Å². The Morgan fingerprint density at radius 2 is 1.83 bits per heavy atom. The maximum absolute atomic E-state index is 12.0. The number of nitrogens with zero attached hydrogens (tertiary/aromatic N) is 1. The molecule has 0 saturated carbocycles. The van der Waals surface area contributed by atoms with Crippen molar-refractivity contribution in [1.29, 1.82) is 0 Å². The van der Waals surface area contributed by atoms with E-state index in [1.54, 1.807) is 12.1 Å². The van der Waals surface area contributed by atoms with Gasteiger partial charge in [-0.05, 0) is 29.8 Å². The van der Waals surface area contributed by atoms with Gasteiger partial charge in [0.05, 0.1) is 0 Å². The minimum Gasteiger partial charge on any atom is -0.508 e. The number of phenols is 1. The smallest absolute Gasteiger partial charge is 0.226 e. The summed E-state index contributed by atoms with van der Waals surface area (Å²) in [4.78, 5) is 12.0. The lowest BCUT2D eigenvalue weighted by Crippen LogP contribution is -2.23. The van der Waals surface area contributed by atoms with Gasteiger partial charge in [0.25, 0.3) is 0 Å². The number of aromatic nitrogens is 2. The van der Waals surface area contributed by atoms with Crippen LogP contribution in [0.3, 0.4) is 0 Å². The molecule has 0 fully saturated rings. The predicted molar refractivity (Wildman–Crippen MR) is 91.5 cm³/mol. The average Bonchev–Trinajstić information content (AvgIpc) is 2.98. The van der Waals surface area contributed by atoms with Crippen molar-refractivity contribution in [3.63, 3.8) is 0 Å². The van der Waals surface area contributed by atoms with Crippen LogP contribution >= 0.6 is 0 Å². The molecule has 4 N–H and O–H groups in total. The number of amides is 1. The van der Waals surface area contributed by atoms with Gasteiger partial charge in [0.2, 0.25) is 5.91 Å². The summed E-state index contributed by atoms with van der Waals surface area (Å²) < 4.78 is 0. The lowest BCUT2D eigenvalue weighted by atomic mass is 9.86. The van der Waals surface area contributed by atoms with Crippen LogP contribution < -0.4 is 10.6 Å². The lowest BCUT2D eigenvalue weighted by Gasteiger charge is -2.23. The molecule has 4 rings (SSSR count). The summed E-state index contributed by atoms with van der Waals surface area (Å²) in [7, 11) is 0. The fourth-order valence-electron chi connectivity index (χ4n) is 3.01. The van der Waals surface area contributed by atoms with Crippen molar-refractivity contribution in [3.8, 4) is 5.75 Å². The first kappa shape index (κ1) is 14.3. The number of hydrogen-bond acceptors (Lipinski definition) is 4. The Morgan fingerprint density at radius 1 is 1.08 bits per heavy atom. The molecule has 0 aliphatic carbocycles. The summed E-state index contributed by atoms with van der Waals surface area (Å²) in [5.74, 6) is 1.31. The number of carbonyl (C=O) groups excluding carboxylic acids is 1. The average molecular weight is 320 g/mol. The van der Waals surface area contributed by atoms with Gasteiger partial charge in [-0.25, -0.2) is 0 Å².